The van der Waals surface area contributed by atoms with Crippen LogP contribution in [0.2, 0.25) is 0 Å². The first-order valence-electron chi connectivity index (χ1n) is 14.7. The summed E-state index contributed by atoms with van der Waals surface area (Å²) < 4.78 is 31.8. The molecule has 5 rings (SSSR count). The lowest BCUT2D eigenvalue weighted by molar-refractivity contribution is 0.180. The van der Waals surface area contributed by atoms with Gasteiger partial charge in [0.25, 0.3) is 0 Å². The second kappa shape index (κ2) is 13.4. The number of anilines is 1. The molecular weight excluding hydrogens is 505 g/mol. The van der Waals surface area contributed by atoms with E-state index >= 15 is 4.39 Å². The zero-order chi connectivity index (χ0) is 27.9. The molecule has 0 spiro atoms. The van der Waals surface area contributed by atoms with Crippen molar-refractivity contribution in [1.82, 2.24) is 9.88 Å². The Morgan fingerprint density at radius 3 is 2.58 bits per heavy atom. The van der Waals surface area contributed by atoms with E-state index in [2.05, 4.69) is 34.9 Å². The molecule has 6 nitrogen and oxygen atoms in total. The number of pyridine rings is 1. The van der Waals surface area contributed by atoms with E-state index in [1.807, 2.05) is 18.2 Å². The number of halogens is 1. The highest BCUT2D eigenvalue weighted by atomic mass is 19.1. The standard InChI is InChI=1S/C33H42FN3O3/c1-4-37(23-24-8-14-31(29(34)20-24)40-19-18-36-16-6-5-7-17-36)30-13-15-32(39-3)35-33(30)27-10-9-26-22-28(38-2)12-11-25(26)21-27/h8,11-15,20,22,27H,4-7,9-10,16-19,21,23H2,1-3H3. The van der Waals surface area contributed by atoms with Gasteiger partial charge >= 0.3 is 0 Å². The fraction of sp³-hybridized carbons (Fsp3) is 0.485. The number of benzene rings is 2. The molecule has 0 N–H and O–H groups in total. The number of ether oxygens (including phenoxy) is 3. The highest BCUT2D eigenvalue weighted by Crippen LogP contribution is 2.38. The second-order valence-corrected chi connectivity index (χ2v) is 10.9. The van der Waals surface area contributed by atoms with Gasteiger partial charge in [0.1, 0.15) is 12.4 Å². The summed E-state index contributed by atoms with van der Waals surface area (Å²) >= 11 is 0. The Hall–Kier alpha value is -3.32. The zero-order valence-electron chi connectivity index (χ0n) is 24.1. The van der Waals surface area contributed by atoms with E-state index in [1.54, 1.807) is 26.4 Å². The summed E-state index contributed by atoms with van der Waals surface area (Å²) in [5, 5.41) is 0. The van der Waals surface area contributed by atoms with Gasteiger partial charge in [0.15, 0.2) is 11.6 Å². The summed E-state index contributed by atoms with van der Waals surface area (Å²) in [7, 11) is 3.37. The van der Waals surface area contributed by atoms with Crippen molar-refractivity contribution in [1.29, 1.82) is 0 Å². The van der Waals surface area contributed by atoms with E-state index in [1.165, 1.54) is 30.4 Å². The van der Waals surface area contributed by atoms with Crippen molar-refractivity contribution in [3.8, 4) is 17.4 Å². The molecule has 3 aromatic rings. The Kier molecular flexibility index (Phi) is 9.42. The van der Waals surface area contributed by atoms with Crippen LogP contribution < -0.4 is 19.1 Å². The number of methoxy groups -OCH3 is 2. The Morgan fingerprint density at radius 2 is 1.82 bits per heavy atom. The molecule has 1 saturated heterocycles. The number of fused-ring (bicyclic) bond motifs is 1. The van der Waals surface area contributed by atoms with Gasteiger partial charge in [-0.3, -0.25) is 4.90 Å². The number of likely N-dealkylation sites (tertiary alicyclic amines) is 1. The molecular formula is C33H42FN3O3. The maximum absolute atomic E-state index is 15.0. The number of nitrogens with zero attached hydrogens (tertiary/aromatic N) is 3. The number of hydrogen-bond donors (Lipinski definition) is 0. The maximum Gasteiger partial charge on any atom is 0.213 e. The molecule has 0 bridgehead atoms. The molecule has 1 aliphatic carbocycles. The van der Waals surface area contributed by atoms with E-state index in [-0.39, 0.29) is 11.7 Å². The zero-order valence-corrected chi connectivity index (χ0v) is 24.1. The minimum absolute atomic E-state index is 0.271. The molecule has 1 atom stereocenters. The van der Waals surface area contributed by atoms with E-state index in [4.69, 9.17) is 19.2 Å². The molecule has 2 heterocycles. The summed E-state index contributed by atoms with van der Waals surface area (Å²) in [6.45, 7) is 7.07. The minimum Gasteiger partial charge on any atom is -0.497 e. The Balaban J connectivity index is 1.30. The van der Waals surface area contributed by atoms with Gasteiger partial charge in [-0.15, -0.1) is 0 Å². The molecule has 7 heteroatoms. The van der Waals surface area contributed by atoms with E-state index in [9.17, 15) is 0 Å². The maximum atomic E-state index is 15.0. The predicted octanol–water partition coefficient (Wildman–Crippen LogP) is 6.40. The minimum atomic E-state index is -0.306. The van der Waals surface area contributed by atoms with E-state index < -0.39 is 0 Å². The first-order chi connectivity index (χ1) is 19.6. The first-order valence-corrected chi connectivity index (χ1v) is 14.7. The third-order valence-corrected chi connectivity index (χ3v) is 8.32. The summed E-state index contributed by atoms with van der Waals surface area (Å²) in [5.41, 5.74) is 5.72. The van der Waals surface area contributed by atoms with Gasteiger partial charge in [-0.05, 0) is 99.1 Å². The van der Waals surface area contributed by atoms with Crippen LogP contribution >= 0.6 is 0 Å². The molecule has 1 aromatic heterocycles. The van der Waals surface area contributed by atoms with Crippen LogP contribution in [0.3, 0.4) is 0 Å². The van der Waals surface area contributed by atoms with Gasteiger partial charge in [-0.2, -0.15) is 0 Å². The normalized spacial score (nSPS) is 17.2. The smallest absolute Gasteiger partial charge is 0.213 e. The van der Waals surface area contributed by atoms with Gasteiger partial charge in [0.2, 0.25) is 5.88 Å². The largest absolute Gasteiger partial charge is 0.497 e. The molecule has 214 valence electrons. The van der Waals surface area contributed by atoms with Crippen LogP contribution in [-0.4, -0.2) is 56.9 Å². The van der Waals surface area contributed by atoms with E-state index in [0.717, 1.165) is 68.1 Å². The highest BCUT2D eigenvalue weighted by Gasteiger charge is 2.26. The molecule has 1 fully saturated rings. The number of rotatable bonds is 11. The van der Waals surface area contributed by atoms with Crippen molar-refractivity contribution in [3.63, 3.8) is 0 Å². The van der Waals surface area contributed by atoms with Gasteiger partial charge in [0.05, 0.1) is 25.6 Å². The van der Waals surface area contributed by atoms with Crippen molar-refractivity contribution in [2.24, 2.45) is 0 Å². The average Bonchev–Trinajstić information content (AvgIpc) is 3.00. The molecule has 1 unspecified atom stereocenters. The Bertz CT molecular complexity index is 1280. The Morgan fingerprint density at radius 1 is 0.975 bits per heavy atom. The number of aryl methyl sites for hydroxylation is 1. The van der Waals surface area contributed by atoms with Crippen LogP contribution in [0.4, 0.5) is 10.1 Å². The highest BCUT2D eigenvalue weighted by molar-refractivity contribution is 5.55. The van der Waals surface area contributed by atoms with Gasteiger partial charge in [0, 0.05) is 31.6 Å². The quantitative estimate of drug-likeness (QED) is 0.277. The molecule has 2 aliphatic rings. The van der Waals surface area contributed by atoms with Crippen molar-refractivity contribution < 1.29 is 18.6 Å². The van der Waals surface area contributed by atoms with Crippen molar-refractivity contribution >= 4 is 5.69 Å². The molecule has 0 amide bonds. The first kappa shape index (κ1) is 28.2. The lowest BCUT2D eigenvalue weighted by Crippen LogP contribution is -2.33. The molecule has 0 saturated carbocycles. The van der Waals surface area contributed by atoms with Crippen LogP contribution in [-0.2, 0) is 19.4 Å². The summed E-state index contributed by atoms with van der Waals surface area (Å²) in [6, 6.07) is 15.7. The van der Waals surface area contributed by atoms with Crippen LogP contribution in [0.1, 0.15) is 60.9 Å². The molecule has 2 aromatic carbocycles. The van der Waals surface area contributed by atoms with Gasteiger partial charge < -0.3 is 19.1 Å². The van der Waals surface area contributed by atoms with Crippen LogP contribution in [0.15, 0.2) is 48.5 Å². The molecule has 1 aliphatic heterocycles. The van der Waals surface area contributed by atoms with Crippen molar-refractivity contribution in [2.45, 2.75) is 57.9 Å². The second-order valence-electron chi connectivity index (χ2n) is 10.9. The third kappa shape index (κ3) is 6.69. The fourth-order valence-electron chi connectivity index (χ4n) is 6.04. The third-order valence-electron chi connectivity index (χ3n) is 8.32. The van der Waals surface area contributed by atoms with Gasteiger partial charge in [-0.1, -0.05) is 18.6 Å². The lowest BCUT2D eigenvalue weighted by Gasteiger charge is -2.31. The fourth-order valence-corrected chi connectivity index (χ4v) is 6.04. The van der Waals surface area contributed by atoms with E-state index in [0.29, 0.717) is 24.8 Å². The van der Waals surface area contributed by atoms with Gasteiger partial charge in [-0.25, -0.2) is 9.37 Å². The van der Waals surface area contributed by atoms with Crippen molar-refractivity contribution in [3.05, 3.63) is 76.7 Å². The monoisotopic (exact) mass is 547 g/mol. The molecule has 40 heavy (non-hydrogen) atoms. The summed E-state index contributed by atoms with van der Waals surface area (Å²) in [5.74, 6) is 1.81. The van der Waals surface area contributed by atoms with Crippen LogP contribution in [0.5, 0.6) is 17.4 Å². The number of piperidine rings is 1. The molecule has 0 radical (unpaired) electrons. The summed E-state index contributed by atoms with van der Waals surface area (Å²) in [6.07, 6.45) is 6.69. The topological polar surface area (TPSA) is 47.1 Å². The van der Waals surface area contributed by atoms with Crippen molar-refractivity contribution in [2.75, 3.05) is 51.9 Å². The SMILES string of the molecule is CCN(Cc1ccc(OCCN2CCCCC2)c(F)c1)c1ccc(OC)nc1C1CCc2cc(OC)ccc2C1. The van der Waals surface area contributed by atoms with Crippen LogP contribution in [0, 0.1) is 5.82 Å². The lowest BCUT2D eigenvalue weighted by atomic mass is 9.81. The number of hydrogen-bond acceptors (Lipinski definition) is 6. The summed E-state index contributed by atoms with van der Waals surface area (Å²) in [4.78, 5) is 9.62. The van der Waals surface area contributed by atoms with Crippen LogP contribution in [0.25, 0.3) is 0 Å². The Labute approximate surface area is 238 Å². The predicted molar refractivity (Wildman–Crippen MR) is 157 cm³/mol. The average molecular weight is 548 g/mol. The number of aromatic nitrogens is 1.